The summed E-state index contributed by atoms with van der Waals surface area (Å²) >= 11 is 0. The van der Waals surface area contributed by atoms with E-state index in [1.807, 2.05) is 0 Å². The highest BCUT2D eigenvalue weighted by atomic mass is 16.7. The standard InChI is InChI=1S/C43H53N3O13/c1-10-15-44-42(54)58-38-23(4)27(55-9)14-18-57-43(8)40(52)30-28-29(35(49)26(7)39(30)59-43)36(50)31(32(37(28)51)46-16-19-56-20-17-46)45-41(53)22(3)13-11-12-21(2)33(47)24(5)34(48)25(38)6/h1,11-14,18,21,23-25,27,33-34,38,47-49H,15-17,19-20H2,2-9H3,(H,44,54)(H,45,53)/b12-11+,18-14+,22-13-/t21-,23-,24-,25-,27+,33-,34-,38+,43+/m1/s1. The number of ether oxygens (including phenoxy) is 5. The van der Waals surface area contributed by atoms with Crippen molar-refractivity contribution in [1.29, 1.82) is 0 Å². The molecule has 9 atom stereocenters. The predicted molar refractivity (Wildman–Crippen MR) is 212 cm³/mol. The smallest absolute Gasteiger partial charge is 0.408 e. The number of rotatable bonds is 4. The van der Waals surface area contributed by atoms with Gasteiger partial charge in [0, 0.05) is 61.9 Å². The number of nitrogens with zero attached hydrogens (tertiary/aromatic N) is 1. The Morgan fingerprint density at radius 1 is 1.00 bits per heavy atom. The number of allylic oxidation sites excluding steroid dienone is 4. The molecule has 1 fully saturated rings. The van der Waals surface area contributed by atoms with Crippen molar-refractivity contribution in [3.63, 3.8) is 0 Å². The average Bonchev–Trinajstić information content (AvgIpc) is 3.48. The van der Waals surface area contributed by atoms with Gasteiger partial charge in [-0.2, -0.15) is 0 Å². The highest BCUT2D eigenvalue weighted by Gasteiger charge is 2.53. The second-order valence-corrected chi connectivity index (χ2v) is 15.5. The van der Waals surface area contributed by atoms with Crippen LogP contribution in [0.3, 0.4) is 0 Å². The Bertz CT molecular complexity index is 2040. The number of methoxy groups -OCH3 is 1. The fourth-order valence-corrected chi connectivity index (χ4v) is 7.86. The number of hydrogen-bond acceptors (Lipinski definition) is 14. The zero-order valence-corrected chi connectivity index (χ0v) is 34.5. The number of terminal acetylenes is 1. The number of benzene rings is 1. The minimum Gasteiger partial charge on any atom is -0.507 e. The van der Waals surface area contributed by atoms with Crippen LogP contribution < -0.4 is 15.4 Å². The van der Waals surface area contributed by atoms with Crippen LogP contribution in [0.2, 0.25) is 0 Å². The van der Waals surface area contributed by atoms with Gasteiger partial charge in [0.15, 0.2) is 0 Å². The van der Waals surface area contributed by atoms with Crippen LogP contribution >= 0.6 is 0 Å². The number of aromatic hydroxyl groups is 1. The van der Waals surface area contributed by atoms with Gasteiger partial charge in [0.1, 0.15) is 29.0 Å². The van der Waals surface area contributed by atoms with E-state index in [0.29, 0.717) is 0 Å². The Kier molecular flexibility index (Phi) is 13.8. The summed E-state index contributed by atoms with van der Waals surface area (Å²) < 4.78 is 29.1. The minimum atomic E-state index is -2.10. The zero-order chi connectivity index (χ0) is 43.5. The number of nitrogens with one attached hydrogen (secondary N) is 2. The number of amides is 2. The van der Waals surface area contributed by atoms with Gasteiger partial charge in [-0.05, 0) is 19.9 Å². The monoisotopic (exact) mass is 819 g/mol. The van der Waals surface area contributed by atoms with Gasteiger partial charge in [0.05, 0.1) is 61.0 Å². The summed E-state index contributed by atoms with van der Waals surface area (Å²) in [5.41, 5.74) is -1.56. The van der Waals surface area contributed by atoms with E-state index in [0.717, 1.165) is 6.26 Å². The summed E-state index contributed by atoms with van der Waals surface area (Å²) in [5, 5.41) is 39.5. The lowest BCUT2D eigenvalue weighted by Crippen LogP contribution is -2.47. The van der Waals surface area contributed by atoms with Crippen molar-refractivity contribution >= 4 is 29.4 Å². The number of aliphatic hydroxyl groups excluding tert-OH is 2. The van der Waals surface area contributed by atoms with Crippen LogP contribution in [0.5, 0.6) is 11.5 Å². The highest BCUT2D eigenvalue weighted by molar-refractivity contribution is 6.32. The van der Waals surface area contributed by atoms with Crippen molar-refractivity contribution < 1.29 is 63.0 Å². The molecule has 5 aliphatic rings. The summed E-state index contributed by atoms with van der Waals surface area (Å²) in [5.74, 6) is -6.59. The Labute approximate surface area is 343 Å². The first-order chi connectivity index (χ1) is 27.9. The van der Waals surface area contributed by atoms with Crippen LogP contribution in [0.1, 0.15) is 78.2 Å². The third-order valence-electron chi connectivity index (χ3n) is 11.5. The largest absolute Gasteiger partial charge is 0.507 e. The Morgan fingerprint density at radius 2 is 1.68 bits per heavy atom. The molecule has 5 bridgehead atoms. The zero-order valence-electron chi connectivity index (χ0n) is 34.5. The first-order valence-corrected chi connectivity index (χ1v) is 19.5. The predicted octanol–water partition coefficient (Wildman–Crippen LogP) is 3.09. The van der Waals surface area contributed by atoms with Crippen molar-refractivity contribution in [2.45, 2.75) is 78.7 Å². The van der Waals surface area contributed by atoms with E-state index in [2.05, 4.69) is 16.6 Å². The highest BCUT2D eigenvalue weighted by Crippen LogP contribution is 2.49. The molecular weight excluding hydrogens is 766 g/mol. The number of aliphatic hydroxyl groups is 2. The molecule has 0 saturated carbocycles. The second kappa shape index (κ2) is 18.2. The third-order valence-corrected chi connectivity index (χ3v) is 11.5. The number of phenols is 1. The van der Waals surface area contributed by atoms with Gasteiger partial charge >= 0.3 is 11.9 Å². The first-order valence-electron chi connectivity index (χ1n) is 19.5. The molecule has 1 aromatic carbocycles. The second-order valence-electron chi connectivity index (χ2n) is 15.5. The third kappa shape index (κ3) is 8.65. The number of fused-ring (bicyclic) bond motifs is 14. The molecule has 4 heterocycles. The van der Waals surface area contributed by atoms with Crippen molar-refractivity contribution in [2.75, 3.05) is 40.0 Å². The van der Waals surface area contributed by atoms with E-state index < -0.39 is 94.5 Å². The van der Waals surface area contributed by atoms with Crippen LogP contribution in [0.4, 0.5) is 4.79 Å². The molecule has 0 radical (unpaired) electrons. The van der Waals surface area contributed by atoms with Crippen LogP contribution in [-0.4, -0.2) is 120 Å². The van der Waals surface area contributed by atoms with Crippen LogP contribution in [0.15, 0.2) is 47.5 Å². The maximum absolute atomic E-state index is 14.7. The van der Waals surface area contributed by atoms with Crippen molar-refractivity contribution in [3.05, 3.63) is 69.8 Å². The molecule has 318 valence electrons. The molecule has 0 unspecified atom stereocenters. The van der Waals surface area contributed by atoms with Gasteiger partial charge in [-0.25, -0.2) is 4.79 Å². The Balaban J connectivity index is 1.65. The normalized spacial score (nSPS) is 32.6. The Hall–Kier alpha value is -5.47. The average molecular weight is 820 g/mol. The lowest BCUT2D eigenvalue weighted by atomic mass is 9.78. The summed E-state index contributed by atoms with van der Waals surface area (Å²) in [7, 11) is 1.40. The quantitative estimate of drug-likeness (QED) is 0.276. The number of alkyl carbamates (subject to hydrolysis) is 1. The van der Waals surface area contributed by atoms with Gasteiger partial charge in [0.2, 0.25) is 11.6 Å². The number of carbonyl (C=O) groups excluding carboxylic acids is 5. The lowest BCUT2D eigenvalue weighted by molar-refractivity contribution is -0.116. The number of hydrogen-bond donors (Lipinski definition) is 5. The molecule has 5 N–H and O–H groups in total. The summed E-state index contributed by atoms with van der Waals surface area (Å²) in [6.45, 7) is 11.7. The lowest BCUT2D eigenvalue weighted by Gasteiger charge is -2.38. The van der Waals surface area contributed by atoms with Crippen LogP contribution in [0, 0.1) is 42.9 Å². The van der Waals surface area contributed by atoms with E-state index in [1.165, 1.54) is 40.0 Å². The number of phenolic OH excluding ortho intramolecular Hbond substituents is 1. The molecule has 1 saturated heterocycles. The molecular formula is C43H53N3O13. The molecule has 0 spiro atoms. The number of ketones is 3. The van der Waals surface area contributed by atoms with Crippen LogP contribution in [-0.2, 0) is 23.7 Å². The fourth-order valence-electron chi connectivity index (χ4n) is 7.86. The number of carbonyl (C=O) groups is 5. The molecule has 16 nitrogen and oxygen atoms in total. The van der Waals surface area contributed by atoms with Gasteiger partial charge in [-0.3, -0.25) is 19.2 Å². The molecule has 6 rings (SSSR count). The van der Waals surface area contributed by atoms with E-state index in [1.54, 1.807) is 44.7 Å². The van der Waals surface area contributed by atoms with Crippen molar-refractivity contribution in [1.82, 2.24) is 15.5 Å². The van der Waals surface area contributed by atoms with Crippen LogP contribution in [0.25, 0.3) is 0 Å². The molecule has 2 amide bonds. The topological polar surface area (TPSA) is 219 Å². The van der Waals surface area contributed by atoms with Gasteiger partial charge in [-0.1, -0.05) is 51.8 Å². The molecule has 1 aliphatic carbocycles. The molecule has 4 aliphatic heterocycles. The van der Waals surface area contributed by atoms with Crippen molar-refractivity contribution in [2.24, 2.45) is 23.7 Å². The number of Topliss-reactive ketones (excluding diaryl/α,β-unsaturated/α-hetero) is 3. The maximum atomic E-state index is 14.7. The van der Waals surface area contributed by atoms with Crippen molar-refractivity contribution in [3.8, 4) is 23.8 Å². The van der Waals surface area contributed by atoms with Gasteiger partial charge in [0.25, 0.3) is 11.7 Å². The molecule has 0 aromatic heterocycles. The van der Waals surface area contributed by atoms with E-state index in [-0.39, 0.29) is 72.3 Å². The fraction of sp³-hybridized carbons (Fsp3) is 0.512. The van der Waals surface area contributed by atoms with E-state index >= 15 is 0 Å². The Morgan fingerprint density at radius 3 is 2.32 bits per heavy atom. The molecule has 59 heavy (non-hydrogen) atoms. The molecule has 16 heteroatoms. The minimum absolute atomic E-state index is 0.0126. The summed E-state index contributed by atoms with van der Waals surface area (Å²) in [6.07, 6.45) is 7.52. The maximum Gasteiger partial charge on any atom is 0.408 e. The first kappa shape index (κ1) is 44.6. The summed E-state index contributed by atoms with van der Waals surface area (Å²) in [6, 6.07) is 0. The molecule has 1 aromatic rings. The van der Waals surface area contributed by atoms with Gasteiger partial charge in [-0.15, -0.1) is 6.42 Å². The van der Waals surface area contributed by atoms with Gasteiger partial charge < -0.3 is 54.5 Å². The SMILES string of the molecule is C#CCNC(=O)O[C@@H]1[C@H](C)[C@H](O)[C@H](C)[C@H](O)[C@H](C)/C=C/C=C(/C)C(=O)NC2=C(N3CCOCC3)C(=O)c3c(c(O)c(C)c4c3C(=O)[C@@](C)(O/C=C/[C@H](OC)[C@H]1C)O4)C2=O. The number of morpholine rings is 1. The van der Waals surface area contributed by atoms with E-state index in [4.69, 9.17) is 30.1 Å². The van der Waals surface area contributed by atoms with E-state index in [9.17, 15) is 39.3 Å². The summed E-state index contributed by atoms with van der Waals surface area (Å²) in [4.78, 5) is 71.7.